The SMILES string of the molecule is N#CCN1CCN(c2cc(Cl)ccc2Cl)CC1. The lowest BCUT2D eigenvalue weighted by Crippen LogP contribution is -2.46. The summed E-state index contributed by atoms with van der Waals surface area (Å²) >= 11 is 12.1. The van der Waals surface area contributed by atoms with E-state index in [0.717, 1.165) is 36.9 Å². The van der Waals surface area contributed by atoms with Gasteiger partial charge in [-0.3, -0.25) is 4.90 Å². The Morgan fingerprint density at radius 2 is 1.88 bits per heavy atom. The molecular weight excluding hydrogens is 257 g/mol. The van der Waals surface area contributed by atoms with Gasteiger partial charge in [0.2, 0.25) is 0 Å². The second-order valence-corrected chi connectivity index (χ2v) is 4.86. The molecule has 0 amide bonds. The summed E-state index contributed by atoms with van der Waals surface area (Å²) in [5, 5.41) is 10.1. The predicted octanol–water partition coefficient (Wildman–Crippen LogP) is 2.64. The number of halogens is 2. The molecule has 0 unspecified atom stereocenters. The van der Waals surface area contributed by atoms with Crippen molar-refractivity contribution in [1.29, 1.82) is 5.26 Å². The third-order valence-corrected chi connectivity index (χ3v) is 3.47. The van der Waals surface area contributed by atoms with Gasteiger partial charge in [0.05, 0.1) is 23.3 Å². The highest BCUT2D eigenvalue weighted by atomic mass is 35.5. The number of hydrogen-bond acceptors (Lipinski definition) is 3. The third-order valence-electron chi connectivity index (χ3n) is 2.92. The molecule has 0 N–H and O–H groups in total. The van der Waals surface area contributed by atoms with Crippen molar-refractivity contribution >= 4 is 28.9 Å². The molecule has 1 aliphatic rings. The van der Waals surface area contributed by atoms with Crippen LogP contribution in [0.1, 0.15) is 0 Å². The molecular formula is C12H13Cl2N3. The lowest BCUT2D eigenvalue weighted by atomic mass is 10.2. The second kappa shape index (κ2) is 5.59. The maximum absolute atomic E-state index is 8.64. The molecule has 1 fully saturated rings. The van der Waals surface area contributed by atoms with Gasteiger partial charge in [-0.05, 0) is 18.2 Å². The minimum Gasteiger partial charge on any atom is -0.368 e. The molecule has 1 aromatic carbocycles. The lowest BCUT2D eigenvalue weighted by Gasteiger charge is -2.35. The molecule has 0 atom stereocenters. The van der Waals surface area contributed by atoms with E-state index in [9.17, 15) is 0 Å². The number of rotatable bonds is 2. The van der Waals surface area contributed by atoms with E-state index in [1.165, 1.54) is 0 Å². The van der Waals surface area contributed by atoms with Gasteiger partial charge >= 0.3 is 0 Å². The van der Waals surface area contributed by atoms with Gasteiger partial charge in [-0.25, -0.2) is 0 Å². The normalized spacial score (nSPS) is 16.9. The van der Waals surface area contributed by atoms with Crippen molar-refractivity contribution in [3.8, 4) is 6.07 Å². The minimum absolute atomic E-state index is 0.497. The zero-order valence-corrected chi connectivity index (χ0v) is 10.9. The monoisotopic (exact) mass is 269 g/mol. The maximum atomic E-state index is 8.64. The van der Waals surface area contributed by atoms with Crippen molar-refractivity contribution in [1.82, 2.24) is 4.90 Å². The number of nitrogens with zero attached hydrogens (tertiary/aromatic N) is 3. The lowest BCUT2D eigenvalue weighted by molar-refractivity contribution is 0.287. The molecule has 3 nitrogen and oxygen atoms in total. The van der Waals surface area contributed by atoms with E-state index >= 15 is 0 Å². The number of nitriles is 1. The molecule has 17 heavy (non-hydrogen) atoms. The van der Waals surface area contributed by atoms with Gasteiger partial charge in [-0.2, -0.15) is 5.26 Å². The van der Waals surface area contributed by atoms with Gasteiger partial charge < -0.3 is 4.90 Å². The first-order chi connectivity index (χ1) is 8.20. The third kappa shape index (κ3) is 3.04. The Bertz CT molecular complexity index is 434. The van der Waals surface area contributed by atoms with Gasteiger partial charge in [0.25, 0.3) is 0 Å². The largest absolute Gasteiger partial charge is 0.368 e. The summed E-state index contributed by atoms with van der Waals surface area (Å²) in [6.45, 7) is 4.02. The summed E-state index contributed by atoms with van der Waals surface area (Å²) in [7, 11) is 0. The highest BCUT2D eigenvalue weighted by Crippen LogP contribution is 2.29. The molecule has 1 heterocycles. The van der Waals surface area contributed by atoms with Crippen molar-refractivity contribution in [3.05, 3.63) is 28.2 Å². The molecule has 0 radical (unpaired) electrons. The molecule has 1 aromatic rings. The van der Waals surface area contributed by atoms with Crippen LogP contribution in [-0.4, -0.2) is 37.6 Å². The number of anilines is 1. The first-order valence-corrected chi connectivity index (χ1v) is 6.25. The number of benzene rings is 1. The fourth-order valence-corrected chi connectivity index (χ4v) is 2.38. The highest BCUT2D eigenvalue weighted by molar-refractivity contribution is 6.35. The Kier molecular flexibility index (Phi) is 4.11. The average Bonchev–Trinajstić information content (AvgIpc) is 2.34. The van der Waals surface area contributed by atoms with E-state index < -0.39 is 0 Å². The topological polar surface area (TPSA) is 30.3 Å². The van der Waals surface area contributed by atoms with Gasteiger partial charge in [0.15, 0.2) is 0 Å². The van der Waals surface area contributed by atoms with E-state index in [1.807, 2.05) is 12.1 Å². The standard InChI is InChI=1S/C12H13Cl2N3/c13-10-1-2-11(14)12(9-10)17-7-5-16(4-3-15)6-8-17/h1-2,9H,4-8H2. The quantitative estimate of drug-likeness (QED) is 0.774. The Morgan fingerprint density at radius 1 is 1.18 bits per heavy atom. The molecule has 2 rings (SSSR count). The van der Waals surface area contributed by atoms with E-state index in [4.69, 9.17) is 28.5 Å². The highest BCUT2D eigenvalue weighted by Gasteiger charge is 2.18. The molecule has 1 aliphatic heterocycles. The van der Waals surface area contributed by atoms with Crippen LogP contribution in [0.15, 0.2) is 18.2 Å². The van der Waals surface area contributed by atoms with E-state index in [-0.39, 0.29) is 0 Å². The van der Waals surface area contributed by atoms with Gasteiger partial charge in [-0.15, -0.1) is 0 Å². The minimum atomic E-state index is 0.497. The average molecular weight is 270 g/mol. The van der Waals surface area contributed by atoms with Crippen LogP contribution in [0.2, 0.25) is 10.0 Å². The van der Waals surface area contributed by atoms with Crippen molar-refractivity contribution in [2.24, 2.45) is 0 Å². The molecule has 0 aromatic heterocycles. The summed E-state index contributed by atoms with van der Waals surface area (Å²) in [6, 6.07) is 7.68. The predicted molar refractivity (Wildman–Crippen MR) is 70.7 cm³/mol. The first-order valence-electron chi connectivity index (χ1n) is 5.50. The molecule has 0 spiro atoms. The van der Waals surface area contributed by atoms with Gasteiger partial charge in [0, 0.05) is 31.2 Å². The van der Waals surface area contributed by atoms with Gasteiger partial charge in [-0.1, -0.05) is 23.2 Å². The Labute approximate surface area is 111 Å². The van der Waals surface area contributed by atoms with Crippen LogP contribution in [0.3, 0.4) is 0 Å². The summed E-state index contributed by atoms with van der Waals surface area (Å²) in [5.74, 6) is 0. The zero-order chi connectivity index (χ0) is 12.3. The molecule has 5 heteroatoms. The van der Waals surface area contributed by atoms with Crippen LogP contribution in [0, 0.1) is 11.3 Å². The van der Waals surface area contributed by atoms with Crippen LogP contribution in [0.4, 0.5) is 5.69 Å². The summed E-state index contributed by atoms with van der Waals surface area (Å²) in [5.41, 5.74) is 0.982. The van der Waals surface area contributed by atoms with Crippen molar-refractivity contribution in [2.75, 3.05) is 37.6 Å². The van der Waals surface area contributed by atoms with Crippen LogP contribution in [0.25, 0.3) is 0 Å². The summed E-state index contributed by atoms with van der Waals surface area (Å²) in [4.78, 5) is 4.34. The second-order valence-electron chi connectivity index (χ2n) is 4.02. The molecule has 0 bridgehead atoms. The van der Waals surface area contributed by atoms with E-state index in [1.54, 1.807) is 6.07 Å². The molecule has 0 saturated carbocycles. The molecule has 90 valence electrons. The summed E-state index contributed by atoms with van der Waals surface area (Å²) < 4.78 is 0. The zero-order valence-electron chi connectivity index (χ0n) is 9.37. The van der Waals surface area contributed by atoms with Crippen molar-refractivity contribution < 1.29 is 0 Å². The van der Waals surface area contributed by atoms with Crippen molar-refractivity contribution in [2.45, 2.75) is 0 Å². The van der Waals surface area contributed by atoms with Crippen LogP contribution >= 0.6 is 23.2 Å². The fourth-order valence-electron chi connectivity index (χ4n) is 1.98. The molecule has 1 saturated heterocycles. The van der Waals surface area contributed by atoms with Gasteiger partial charge in [0.1, 0.15) is 0 Å². The van der Waals surface area contributed by atoms with Crippen LogP contribution < -0.4 is 4.90 Å². The van der Waals surface area contributed by atoms with E-state index in [0.29, 0.717) is 11.6 Å². The number of piperazine rings is 1. The van der Waals surface area contributed by atoms with Crippen LogP contribution in [-0.2, 0) is 0 Å². The Morgan fingerprint density at radius 3 is 2.53 bits per heavy atom. The Balaban J connectivity index is 2.05. The maximum Gasteiger partial charge on any atom is 0.0867 e. The van der Waals surface area contributed by atoms with Crippen molar-refractivity contribution in [3.63, 3.8) is 0 Å². The molecule has 0 aliphatic carbocycles. The number of hydrogen-bond donors (Lipinski definition) is 0. The summed E-state index contributed by atoms with van der Waals surface area (Å²) in [6.07, 6.45) is 0. The van der Waals surface area contributed by atoms with E-state index in [2.05, 4.69) is 15.9 Å². The Hall–Kier alpha value is -0.950. The smallest absolute Gasteiger partial charge is 0.0867 e. The van der Waals surface area contributed by atoms with Crippen LogP contribution in [0.5, 0.6) is 0 Å². The first kappa shape index (κ1) is 12.5. The fraction of sp³-hybridized carbons (Fsp3) is 0.417.